The quantitative estimate of drug-likeness (QED) is 0.648. The summed E-state index contributed by atoms with van der Waals surface area (Å²) in [4.78, 5) is 23.6. The number of nitrogens with one attached hydrogen (secondary N) is 2. The lowest BCUT2D eigenvalue weighted by Crippen LogP contribution is -2.41. The number of carbonyl (C=O) groups is 2. The van der Waals surface area contributed by atoms with Crippen molar-refractivity contribution in [1.29, 1.82) is 0 Å². The van der Waals surface area contributed by atoms with Crippen molar-refractivity contribution >= 4 is 11.8 Å². The predicted octanol–water partition coefficient (Wildman–Crippen LogP) is 2.43. The number of benzene rings is 1. The maximum absolute atomic E-state index is 11.9. The summed E-state index contributed by atoms with van der Waals surface area (Å²) in [6.07, 6.45) is 7.02. The van der Waals surface area contributed by atoms with Crippen LogP contribution in [0.3, 0.4) is 0 Å². The zero-order valence-corrected chi connectivity index (χ0v) is 13.2. The molecule has 0 fully saturated rings. The first-order valence-corrected chi connectivity index (χ1v) is 7.97. The fourth-order valence-electron chi connectivity index (χ4n) is 2.86. The maximum atomic E-state index is 11.9. The van der Waals surface area contributed by atoms with Gasteiger partial charge in [-0.15, -0.1) is 6.58 Å². The molecule has 1 atom stereocenters. The third-order valence-electron chi connectivity index (χ3n) is 4.10. The van der Waals surface area contributed by atoms with E-state index in [9.17, 15) is 9.59 Å². The van der Waals surface area contributed by atoms with Crippen LogP contribution in [0.5, 0.6) is 0 Å². The molecule has 0 spiro atoms. The van der Waals surface area contributed by atoms with Crippen LogP contribution < -0.4 is 10.6 Å². The summed E-state index contributed by atoms with van der Waals surface area (Å²) in [6, 6.07) is 6.29. The zero-order chi connectivity index (χ0) is 15.9. The topological polar surface area (TPSA) is 58.2 Å². The lowest BCUT2D eigenvalue weighted by molar-refractivity contribution is -0.139. The Labute approximate surface area is 132 Å². The van der Waals surface area contributed by atoms with Crippen LogP contribution >= 0.6 is 0 Å². The normalized spacial score (nSPS) is 14.6. The summed E-state index contributed by atoms with van der Waals surface area (Å²) >= 11 is 0. The number of fused-ring (bicyclic) bond motifs is 1. The Kier molecular flexibility index (Phi) is 5.75. The zero-order valence-electron chi connectivity index (χ0n) is 13.2. The van der Waals surface area contributed by atoms with Gasteiger partial charge in [0, 0.05) is 6.54 Å². The molecule has 0 saturated carbocycles. The first-order chi connectivity index (χ1) is 10.7. The van der Waals surface area contributed by atoms with E-state index in [-0.39, 0.29) is 6.04 Å². The Bertz CT molecular complexity index is 566. The number of aryl methyl sites for hydroxylation is 2. The second-order valence-corrected chi connectivity index (χ2v) is 5.67. The molecule has 1 aromatic carbocycles. The molecule has 0 saturated heterocycles. The summed E-state index contributed by atoms with van der Waals surface area (Å²) in [5, 5.41) is 5.31. The number of hydrogen-bond donors (Lipinski definition) is 2. The molecule has 22 heavy (non-hydrogen) atoms. The molecule has 1 unspecified atom stereocenters. The van der Waals surface area contributed by atoms with Gasteiger partial charge in [0.1, 0.15) is 0 Å². The van der Waals surface area contributed by atoms with Crippen molar-refractivity contribution in [2.24, 2.45) is 0 Å². The smallest absolute Gasteiger partial charge is 0.309 e. The van der Waals surface area contributed by atoms with Gasteiger partial charge in [0.2, 0.25) is 0 Å². The molecule has 0 radical (unpaired) electrons. The van der Waals surface area contributed by atoms with E-state index in [1.807, 2.05) is 6.92 Å². The summed E-state index contributed by atoms with van der Waals surface area (Å²) < 4.78 is 0. The van der Waals surface area contributed by atoms with Crippen LogP contribution in [0.1, 0.15) is 48.9 Å². The van der Waals surface area contributed by atoms with Gasteiger partial charge in [-0.3, -0.25) is 9.59 Å². The van der Waals surface area contributed by atoms with E-state index in [2.05, 4.69) is 35.4 Å². The molecular weight excluding hydrogens is 276 g/mol. The lowest BCUT2D eigenvalue weighted by Gasteiger charge is -2.21. The fraction of sp³-hybridized carbons (Fsp3) is 0.444. The molecule has 0 heterocycles. The molecule has 0 aromatic heterocycles. The van der Waals surface area contributed by atoms with Crippen molar-refractivity contribution in [2.45, 2.75) is 45.1 Å². The Hall–Kier alpha value is -2.10. The molecule has 1 aliphatic rings. The monoisotopic (exact) mass is 300 g/mol. The first-order valence-electron chi connectivity index (χ1n) is 7.97. The van der Waals surface area contributed by atoms with Crippen LogP contribution in [0.2, 0.25) is 0 Å². The third-order valence-corrected chi connectivity index (χ3v) is 4.10. The van der Waals surface area contributed by atoms with Gasteiger partial charge in [-0.25, -0.2) is 0 Å². The highest BCUT2D eigenvalue weighted by atomic mass is 16.2. The summed E-state index contributed by atoms with van der Waals surface area (Å²) in [6.45, 7) is 5.81. The molecule has 4 nitrogen and oxygen atoms in total. The molecule has 2 rings (SSSR count). The Balaban J connectivity index is 2.06. The van der Waals surface area contributed by atoms with Gasteiger partial charge < -0.3 is 10.6 Å². The minimum absolute atomic E-state index is 0.130. The van der Waals surface area contributed by atoms with E-state index in [4.69, 9.17) is 0 Å². The standard InChI is InChI=1S/C18H24N2O2/c1-3-11-19-17(21)18(22)20-16(4-2)15-10-9-13-7-5-6-8-14(13)12-15/h3,9-10,12,16H,1,4-8,11H2,2H3,(H,19,21)(H,20,22). The minimum Gasteiger partial charge on any atom is -0.344 e. The Morgan fingerprint density at radius 2 is 1.95 bits per heavy atom. The van der Waals surface area contributed by atoms with Crippen LogP contribution in [0, 0.1) is 0 Å². The van der Waals surface area contributed by atoms with Gasteiger partial charge in [0.25, 0.3) is 0 Å². The average Bonchev–Trinajstić information content (AvgIpc) is 2.56. The van der Waals surface area contributed by atoms with Crippen LogP contribution in [0.25, 0.3) is 0 Å². The highest BCUT2D eigenvalue weighted by Gasteiger charge is 2.19. The SMILES string of the molecule is C=CCNC(=O)C(=O)NC(CC)c1ccc2c(c1)CCCC2. The highest BCUT2D eigenvalue weighted by molar-refractivity contribution is 6.35. The Morgan fingerprint density at radius 3 is 2.64 bits per heavy atom. The van der Waals surface area contributed by atoms with E-state index in [0.717, 1.165) is 24.8 Å². The van der Waals surface area contributed by atoms with Crippen LogP contribution in [-0.4, -0.2) is 18.4 Å². The Morgan fingerprint density at radius 1 is 1.23 bits per heavy atom. The molecular formula is C18H24N2O2. The second-order valence-electron chi connectivity index (χ2n) is 5.67. The summed E-state index contributed by atoms with van der Waals surface area (Å²) in [5.41, 5.74) is 3.88. The molecule has 2 N–H and O–H groups in total. The molecule has 1 aromatic rings. The molecule has 1 aliphatic carbocycles. The van der Waals surface area contributed by atoms with E-state index in [1.165, 1.54) is 24.0 Å². The third kappa shape index (κ3) is 3.97. The lowest BCUT2D eigenvalue weighted by atomic mass is 9.89. The van der Waals surface area contributed by atoms with Crippen LogP contribution in [-0.2, 0) is 22.4 Å². The van der Waals surface area contributed by atoms with Crippen LogP contribution in [0.15, 0.2) is 30.9 Å². The van der Waals surface area contributed by atoms with Crippen molar-refractivity contribution in [2.75, 3.05) is 6.54 Å². The molecule has 118 valence electrons. The van der Waals surface area contributed by atoms with Gasteiger partial charge in [0.05, 0.1) is 6.04 Å². The van der Waals surface area contributed by atoms with Gasteiger partial charge >= 0.3 is 11.8 Å². The highest BCUT2D eigenvalue weighted by Crippen LogP contribution is 2.25. The average molecular weight is 300 g/mol. The first kappa shape index (κ1) is 16.3. The molecule has 0 bridgehead atoms. The largest absolute Gasteiger partial charge is 0.344 e. The molecule has 2 amide bonds. The van der Waals surface area contributed by atoms with Crippen molar-refractivity contribution < 1.29 is 9.59 Å². The number of carbonyl (C=O) groups excluding carboxylic acids is 2. The van der Waals surface area contributed by atoms with E-state index < -0.39 is 11.8 Å². The van der Waals surface area contributed by atoms with Crippen molar-refractivity contribution in [3.63, 3.8) is 0 Å². The van der Waals surface area contributed by atoms with Gasteiger partial charge in [-0.05, 0) is 48.8 Å². The number of amides is 2. The summed E-state index contributed by atoms with van der Waals surface area (Å²) in [7, 11) is 0. The fourth-order valence-corrected chi connectivity index (χ4v) is 2.86. The van der Waals surface area contributed by atoms with Gasteiger partial charge in [-0.2, -0.15) is 0 Å². The van der Waals surface area contributed by atoms with Crippen molar-refractivity contribution in [1.82, 2.24) is 10.6 Å². The minimum atomic E-state index is -0.615. The number of rotatable bonds is 5. The maximum Gasteiger partial charge on any atom is 0.309 e. The van der Waals surface area contributed by atoms with Crippen molar-refractivity contribution in [3.05, 3.63) is 47.5 Å². The van der Waals surface area contributed by atoms with E-state index in [1.54, 1.807) is 6.08 Å². The van der Waals surface area contributed by atoms with Gasteiger partial charge in [-0.1, -0.05) is 31.2 Å². The van der Waals surface area contributed by atoms with Crippen LogP contribution in [0.4, 0.5) is 0 Å². The van der Waals surface area contributed by atoms with Crippen molar-refractivity contribution in [3.8, 4) is 0 Å². The second kappa shape index (κ2) is 7.78. The summed E-state index contributed by atoms with van der Waals surface area (Å²) in [5.74, 6) is -1.21. The number of hydrogen-bond acceptors (Lipinski definition) is 2. The van der Waals surface area contributed by atoms with Gasteiger partial charge in [0.15, 0.2) is 0 Å². The predicted molar refractivity (Wildman–Crippen MR) is 87.5 cm³/mol. The molecule has 4 heteroatoms. The van der Waals surface area contributed by atoms with E-state index >= 15 is 0 Å². The molecule has 0 aliphatic heterocycles. The van der Waals surface area contributed by atoms with E-state index in [0.29, 0.717) is 6.54 Å².